The number of ether oxygens (including phenoxy) is 1. The van der Waals surface area contributed by atoms with Crippen LogP contribution in [0.4, 0.5) is 0 Å². The zero-order chi connectivity index (χ0) is 20.0. The Morgan fingerprint density at radius 2 is 2.04 bits per heavy atom. The van der Waals surface area contributed by atoms with Crippen molar-refractivity contribution in [3.8, 4) is 5.75 Å². The third kappa shape index (κ3) is 5.82. The normalized spacial score (nSPS) is 12.4. The molecular formula is C21H30N2O4. The molecule has 1 N–H and O–H groups in total. The highest BCUT2D eigenvalue weighted by atomic mass is 16.5. The minimum Gasteiger partial charge on any atom is -0.480 e. The summed E-state index contributed by atoms with van der Waals surface area (Å²) in [6.45, 7) is 7.21. The van der Waals surface area contributed by atoms with Crippen molar-refractivity contribution in [3.05, 3.63) is 39.7 Å². The van der Waals surface area contributed by atoms with Crippen LogP contribution in [0.3, 0.4) is 0 Å². The Bertz CT molecular complexity index is 842. The van der Waals surface area contributed by atoms with E-state index in [0.717, 1.165) is 42.3 Å². The fraction of sp³-hybridized carbons (Fsp3) is 0.524. The average molecular weight is 374 g/mol. The van der Waals surface area contributed by atoms with Crippen LogP contribution >= 0.6 is 0 Å². The van der Waals surface area contributed by atoms with Crippen molar-refractivity contribution in [1.82, 2.24) is 10.2 Å². The maximum atomic E-state index is 12.4. The van der Waals surface area contributed by atoms with Crippen LogP contribution in [-0.2, 0) is 11.2 Å². The lowest BCUT2D eigenvalue weighted by atomic mass is 10.0. The van der Waals surface area contributed by atoms with E-state index in [2.05, 4.69) is 17.1 Å². The molecule has 0 spiro atoms. The molecule has 0 saturated heterocycles. The average Bonchev–Trinajstić information content (AvgIpc) is 2.57. The molecule has 1 atom stereocenters. The lowest BCUT2D eigenvalue weighted by Gasteiger charge is -2.18. The number of hydrogen-bond donors (Lipinski definition) is 1. The quantitative estimate of drug-likeness (QED) is 0.540. The van der Waals surface area contributed by atoms with Crippen molar-refractivity contribution >= 4 is 16.9 Å². The Morgan fingerprint density at radius 3 is 2.70 bits per heavy atom. The summed E-state index contributed by atoms with van der Waals surface area (Å²) in [4.78, 5) is 26.3. The van der Waals surface area contributed by atoms with Crippen LogP contribution in [0.2, 0.25) is 0 Å². The van der Waals surface area contributed by atoms with E-state index in [-0.39, 0.29) is 11.5 Å². The summed E-state index contributed by atoms with van der Waals surface area (Å²) >= 11 is 0. The number of aryl methyl sites for hydroxylation is 2. The van der Waals surface area contributed by atoms with Crippen molar-refractivity contribution in [2.45, 2.75) is 46.1 Å². The van der Waals surface area contributed by atoms with Crippen molar-refractivity contribution in [2.24, 2.45) is 0 Å². The van der Waals surface area contributed by atoms with Crippen molar-refractivity contribution in [3.63, 3.8) is 0 Å². The minimum absolute atomic E-state index is 0.155. The van der Waals surface area contributed by atoms with Gasteiger partial charge in [-0.3, -0.25) is 4.79 Å². The molecule has 0 aliphatic carbocycles. The van der Waals surface area contributed by atoms with E-state index in [1.807, 2.05) is 33.2 Å². The van der Waals surface area contributed by atoms with E-state index in [9.17, 15) is 9.59 Å². The van der Waals surface area contributed by atoms with Gasteiger partial charge in [-0.2, -0.15) is 0 Å². The van der Waals surface area contributed by atoms with E-state index < -0.39 is 6.10 Å². The smallest absolute Gasteiger partial charge is 0.336 e. The zero-order valence-electron chi connectivity index (χ0n) is 16.9. The van der Waals surface area contributed by atoms with Crippen LogP contribution in [0.5, 0.6) is 5.75 Å². The molecule has 0 saturated carbocycles. The molecule has 2 aromatic rings. The number of rotatable bonds is 9. The standard InChI is InChI=1S/C21H30N2O4/c1-6-8-16-13-19(24)27-18-12-14(2)11-17(20(16)18)26-15(3)21(25)22-9-7-10-23(4)5/h11-13,15H,6-10H2,1-5H3,(H,22,25)/t15-/m0/s1. The van der Waals surface area contributed by atoms with Gasteiger partial charge in [0.2, 0.25) is 0 Å². The number of benzene rings is 1. The number of hydrogen-bond acceptors (Lipinski definition) is 5. The number of carbonyl (C=O) groups excluding carboxylic acids is 1. The van der Waals surface area contributed by atoms with Gasteiger partial charge in [0.25, 0.3) is 5.91 Å². The van der Waals surface area contributed by atoms with Gasteiger partial charge in [0.05, 0.1) is 5.39 Å². The molecule has 148 valence electrons. The predicted molar refractivity (Wildman–Crippen MR) is 107 cm³/mol. The number of carbonyl (C=O) groups is 1. The monoisotopic (exact) mass is 374 g/mol. The van der Waals surface area contributed by atoms with E-state index in [4.69, 9.17) is 9.15 Å². The molecule has 6 heteroatoms. The first-order chi connectivity index (χ1) is 12.8. The first kappa shape index (κ1) is 21.0. The summed E-state index contributed by atoms with van der Waals surface area (Å²) in [5, 5.41) is 3.68. The summed E-state index contributed by atoms with van der Waals surface area (Å²) in [5.74, 6) is 0.422. The van der Waals surface area contributed by atoms with Crippen LogP contribution < -0.4 is 15.7 Å². The molecule has 0 aliphatic heterocycles. The molecule has 1 heterocycles. The van der Waals surface area contributed by atoms with Gasteiger partial charge in [-0.15, -0.1) is 0 Å². The van der Waals surface area contributed by atoms with E-state index >= 15 is 0 Å². The second-order valence-electron chi connectivity index (χ2n) is 7.18. The summed E-state index contributed by atoms with van der Waals surface area (Å²) in [5.41, 5.74) is 1.93. The first-order valence-electron chi connectivity index (χ1n) is 9.48. The van der Waals surface area contributed by atoms with Crippen LogP contribution in [0.25, 0.3) is 11.0 Å². The Hall–Kier alpha value is -2.34. The maximum Gasteiger partial charge on any atom is 0.336 e. The molecule has 0 fully saturated rings. The molecule has 0 radical (unpaired) electrons. The SMILES string of the molecule is CCCc1cc(=O)oc2cc(C)cc(O[C@@H](C)C(=O)NCCCN(C)C)c12. The molecule has 6 nitrogen and oxygen atoms in total. The van der Waals surface area contributed by atoms with E-state index in [0.29, 0.717) is 17.9 Å². The molecular weight excluding hydrogens is 344 g/mol. The molecule has 0 unspecified atom stereocenters. The summed E-state index contributed by atoms with van der Waals surface area (Å²) in [6, 6.07) is 5.23. The molecule has 1 aromatic carbocycles. The maximum absolute atomic E-state index is 12.4. The van der Waals surface area contributed by atoms with Crippen LogP contribution in [0.1, 0.15) is 37.8 Å². The largest absolute Gasteiger partial charge is 0.480 e. The number of nitrogens with one attached hydrogen (secondary N) is 1. The van der Waals surface area contributed by atoms with Gasteiger partial charge in [0.15, 0.2) is 6.10 Å². The molecule has 0 aliphatic rings. The number of fused-ring (bicyclic) bond motifs is 1. The molecule has 2 rings (SSSR count). The Labute approximate surface area is 160 Å². The lowest BCUT2D eigenvalue weighted by Crippen LogP contribution is -2.37. The van der Waals surface area contributed by atoms with Gasteiger partial charge >= 0.3 is 5.63 Å². The number of amides is 1. The number of nitrogens with zero attached hydrogens (tertiary/aromatic N) is 1. The van der Waals surface area contributed by atoms with Gasteiger partial charge in [-0.25, -0.2) is 4.79 Å². The van der Waals surface area contributed by atoms with E-state index in [1.54, 1.807) is 6.92 Å². The summed E-state index contributed by atoms with van der Waals surface area (Å²) in [6.07, 6.45) is 1.88. The van der Waals surface area contributed by atoms with Gasteiger partial charge in [-0.1, -0.05) is 13.3 Å². The van der Waals surface area contributed by atoms with E-state index in [1.165, 1.54) is 6.07 Å². The second kappa shape index (κ2) is 9.55. The Morgan fingerprint density at radius 1 is 1.30 bits per heavy atom. The first-order valence-corrected chi connectivity index (χ1v) is 9.48. The summed E-state index contributed by atoms with van der Waals surface area (Å²) in [7, 11) is 4.01. The Balaban J connectivity index is 2.22. The molecule has 1 amide bonds. The highest BCUT2D eigenvalue weighted by Crippen LogP contribution is 2.31. The van der Waals surface area contributed by atoms with Gasteiger partial charge in [0.1, 0.15) is 11.3 Å². The molecule has 27 heavy (non-hydrogen) atoms. The van der Waals surface area contributed by atoms with Crippen LogP contribution in [-0.4, -0.2) is 44.1 Å². The highest BCUT2D eigenvalue weighted by Gasteiger charge is 2.18. The van der Waals surface area contributed by atoms with Gasteiger partial charge < -0.3 is 19.4 Å². The van der Waals surface area contributed by atoms with Crippen molar-refractivity contribution in [2.75, 3.05) is 27.2 Å². The predicted octanol–water partition coefficient (Wildman–Crippen LogP) is 2.89. The third-order valence-corrected chi connectivity index (χ3v) is 4.31. The second-order valence-corrected chi connectivity index (χ2v) is 7.18. The summed E-state index contributed by atoms with van der Waals surface area (Å²) < 4.78 is 11.4. The van der Waals surface area contributed by atoms with Gasteiger partial charge in [0, 0.05) is 12.6 Å². The molecule has 1 aromatic heterocycles. The Kier molecular flexibility index (Phi) is 7.42. The topological polar surface area (TPSA) is 71.8 Å². The molecule has 0 bridgehead atoms. The minimum atomic E-state index is -0.643. The highest BCUT2D eigenvalue weighted by molar-refractivity contribution is 5.88. The van der Waals surface area contributed by atoms with Crippen LogP contribution in [0, 0.1) is 6.92 Å². The van der Waals surface area contributed by atoms with Crippen molar-refractivity contribution in [1.29, 1.82) is 0 Å². The zero-order valence-corrected chi connectivity index (χ0v) is 16.9. The fourth-order valence-corrected chi connectivity index (χ4v) is 3.02. The van der Waals surface area contributed by atoms with Crippen LogP contribution in [0.15, 0.2) is 27.4 Å². The van der Waals surface area contributed by atoms with Gasteiger partial charge in [-0.05, 0) is 70.6 Å². The fourth-order valence-electron chi connectivity index (χ4n) is 3.02. The lowest BCUT2D eigenvalue weighted by molar-refractivity contribution is -0.127. The third-order valence-electron chi connectivity index (χ3n) is 4.31. The van der Waals surface area contributed by atoms with Crippen molar-refractivity contribution < 1.29 is 13.9 Å².